The number of aromatic nitrogens is 3. The van der Waals surface area contributed by atoms with Crippen LogP contribution in [0.15, 0.2) is 54.6 Å². The number of hydrogen-bond donors (Lipinski definition) is 0. The van der Waals surface area contributed by atoms with Crippen LogP contribution in [0.1, 0.15) is 112 Å². The molecule has 4 heterocycles. The molecule has 2 aromatic heterocycles. The van der Waals surface area contributed by atoms with Crippen LogP contribution in [0.25, 0.3) is 22.0 Å². The number of nitrogens with zero attached hydrogens (tertiary/aromatic N) is 5. The minimum atomic E-state index is -0.681. The summed E-state index contributed by atoms with van der Waals surface area (Å²) in [6.45, 7) is 20.0. The summed E-state index contributed by atoms with van der Waals surface area (Å²) in [5, 5.41) is 6.84. The van der Waals surface area contributed by atoms with Gasteiger partial charge in [0.15, 0.2) is 0 Å². The quantitative estimate of drug-likeness (QED) is 0.0518. The number of carbonyl (C=O) groups excluding carboxylic acids is 3. The predicted molar refractivity (Wildman–Crippen MR) is 240 cm³/mol. The Kier molecular flexibility index (Phi) is 13.7. The highest BCUT2D eigenvalue weighted by Crippen LogP contribution is 2.39. The number of esters is 1. The SMILES string of the molecule is Cc1cc(OCCCc2c(C(=O)OC(C)(C)C)n(CCN3CCOCC3)c3c(-c4c(C)nn(CCCCCCN5C(=O)c6ccccc6C5=O)c4C)cccc23)cc(C)c1Cl. The van der Waals surface area contributed by atoms with E-state index in [0.29, 0.717) is 62.6 Å². The topological polar surface area (TPSA) is 108 Å². The molecule has 0 radical (unpaired) electrons. The molecule has 2 aliphatic heterocycles. The maximum atomic E-state index is 14.4. The van der Waals surface area contributed by atoms with Crippen LogP contribution in [0, 0.1) is 27.7 Å². The number of morpholine rings is 1. The Morgan fingerprint density at radius 2 is 1.44 bits per heavy atom. The third-order valence-corrected chi connectivity index (χ3v) is 12.4. The highest BCUT2D eigenvalue weighted by atomic mass is 35.5. The van der Waals surface area contributed by atoms with Crippen LogP contribution in [0.2, 0.25) is 5.02 Å². The van der Waals surface area contributed by atoms with Crippen LogP contribution in [0.4, 0.5) is 0 Å². The second-order valence-electron chi connectivity index (χ2n) is 17.5. The first kappa shape index (κ1) is 44.1. The molecule has 0 spiro atoms. The number of unbranched alkanes of at least 4 members (excludes halogenated alkanes) is 3. The van der Waals surface area contributed by atoms with Gasteiger partial charge in [-0.05, 0) is 115 Å². The van der Waals surface area contributed by atoms with Crippen molar-refractivity contribution >= 4 is 40.3 Å². The van der Waals surface area contributed by atoms with Crippen molar-refractivity contribution in [1.82, 2.24) is 24.1 Å². The van der Waals surface area contributed by atoms with Gasteiger partial charge in [0.1, 0.15) is 17.0 Å². The van der Waals surface area contributed by atoms with Crippen molar-refractivity contribution in [3.63, 3.8) is 0 Å². The number of carbonyl (C=O) groups is 3. The van der Waals surface area contributed by atoms with Gasteiger partial charge in [-0.1, -0.05) is 54.8 Å². The second-order valence-corrected chi connectivity index (χ2v) is 17.8. The minimum Gasteiger partial charge on any atom is -0.494 e. The lowest BCUT2D eigenvalue weighted by molar-refractivity contribution is 0.00535. The number of benzene rings is 3. The summed E-state index contributed by atoms with van der Waals surface area (Å²) in [6, 6.07) is 17.4. The number of hydrogen-bond acceptors (Lipinski definition) is 8. The Balaban J connectivity index is 1.14. The molecule has 11 nitrogen and oxygen atoms in total. The van der Waals surface area contributed by atoms with Gasteiger partial charge in [-0.3, -0.25) is 24.1 Å². The second kappa shape index (κ2) is 19.0. The Labute approximate surface area is 364 Å². The molecule has 0 N–H and O–H groups in total. The number of fused-ring (bicyclic) bond motifs is 2. The summed E-state index contributed by atoms with van der Waals surface area (Å²) < 4.78 is 22.4. The molecule has 5 aromatic rings. The van der Waals surface area contributed by atoms with Crippen molar-refractivity contribution in [2.75, 3.05) is 46.0 Å². The highest BCUT2D eigenvalue weighted by molar-refractivity contribution is 6.32. The predicted octanol–water partition coefficient (Wildman–Crippen LogP) is 9.55. The van der Waals surface area contributed by atoms with Gasteiger partial charge in [0.05, 0.1) is 42.2 Å². The van der Waals surface area contributed by atoms with E-state index in [1.807, 2.05) is 46.8 Å². The first-order chi connectivity index (χ1) is 29.2. The Morgan fingerprint density at radius 1 is 0.803 bits per heavy atom. The molecule has 0 saturated carbocycles. The maximum Gasteiger partial charge on any atom is 0.355 e. The lowest BCUT2D eigenvalue weighted by Crippen LogP contribution is -2.38. The molecule has 2 amide bonds. The number of aryl methyl sites for hydroxylation is 5. The van der Waals surface area contributed by atoms with Gasteiger partial charge in [0.2, 0.25) is 0 Å². The fourth-order valence-electron chi connectivity index (χ4n) is 8.84. The normalized spacial score (nSPS) is 14.7. The largest absolute Gasteiger partial charge is 0.494 e. The summed E-state index contributed by atoms with van der Waals surface area (Å²) in [6.07, 6.45) is 4.82. The highest BCUT2D eigenvalue weighted by Gasteiger charge is 2.34. The third-order valence-electron chi connectivity index (χ3n) is 11.8. The van der Waals surface area contributed by atoms with Gasteiger partial charge >= 0.3 is 5.97 Å². The summed E-state index contributed by atoms with van der Waals surface area (Å²) in [7, 11) is 0. The zero-order valence-electron chi connectivity index (χ0n) is 36.9. The van der Waals surface area contributed by atoms with E-state index in [9.17, 15) is 14.4 Å². The van der Waals surface area contributed by atoms with E-state index >= 15 is 0 Å². The molecule has 0 atom stereocenters. The monoisotopic (exact) mass is 849 g/mol. The summed E-state index contributed by atoms with van der Waals surface area (Å²) >= 11 is 6.44. The Bertz CT molecular complexity index is 2360. The van der Waals surface area contributed by atoms with Crippen LogP contribution in [0.5, 0.6) is 5.75 Å². The van der Waals surface area contributed by atoms with Crippen molar-refractivity contribution in [3.05, 3.63) is 105 Å². The molecule has 0 aliphatic carbocycles. The van der Waals surface area contributed by atoms with Crippen molar-refractivity contribution in [2.45, 2.75) is 106 Å². The van der Waals surface area contributed by atoms with E-state index in [1.54, 1.807) is 24.3 Å². The van der Waals surface area contributed by atoms with Crippen LogP contribution in [0.3, 0.4) is 0 Å². The summed E-state index contributed by atoms with van der Waals surface area (Å²) in [4.78, 5) is 43.8. The lowest BCUT2D eigenvalue weighted by atomic mass is 9.98. The lowest BCUT2D eigenvalue weighted by Gasteiger charge is -2.27. The number of halogens is 1. The molecule has 1 saturated heterocycles. The van der Waals surface area contributed by atoms with Crippen LogP contribution >= 0.6 is 11.6 Å². The van der Waals surface area contributed by atoms with Crippen molar-refractivity contribution in [1.29, 1.82) is 0 Å². The number of para-hydroxylation sites is 1. The number of ether oxygens (including phenoxy) is 3. The van der Waals surface area contributed by atoms with E-state index in [-0.39, 0.29) is 17.8 Å². The van der Waals surface area contributed by atoms with Crippen LogP contribution < -0.4 is 4.74 Å². The fourth-order valence-corrected chi connectivity index (χ4v) is 8.95. The molecular formula is C49H60ClN5O6. The summed E-state index contributed by atoms with van der Waals surface area (Å²) in [5.41, 5.74) is 8.94. The molecule has 7 rings (SSSR count). The molecule has 2 aliphatic rings. The minimum absolute atomic E-state index is 0.198. The van der Waals surface area contributed by atoms with E-state index in [2.05, 4.69) is 46.2 Å². The van der Waals surface area contributed by atoms with E-state index in [4.69, 9.17) is 30.9 Å². The number of imide groups is 1. The number of amides is 2. The first-order valence-corrected chi connectivity index (χ1v) is 22.2. The maximum absolute atomic E-state index is 14.4. The average Bonchev–Trinajstić information content (AvgIpc) is 3.79. The van der Waals surface area contributed by atoms with Gasteiger partial charge in [-0.25, -0.2) is 4.79 Å². The molecule has 61 heavy (non-hydrogen) atoms. The molecule has 0 unspecified atom stereocenters. The van der Waals surface area contributed by atoms with Crippen LogP contribution in [-0.2, 0) is 29.0 Å². The zero-order chi connectivity index (χ0) is 43.4. The molecule has 0 bridgehead atoms. The molecule has 1 fully saturated rings. The van der Waals surface area contributed by atoms with E-state index in [0.717, 1.165) is 113 Å². The first-order valence-electron chi connectivity index (χ1n) is 21.8. The third kappa shape index (κ3) is 9.74. The van der Waals surface area contributed by atoms with Gasteiger partial charge in [-0.15, -0.1) is 0 Å². The fraction of sp³-hybridized carbons (Fsp3) is 0.469. The van der Waals surface area contributed by atoms with Crippen molar-refractivity contribution < 1.29 is 28.6 Å². The van der Waals surface area contributed by atoms with Crippen LogP contribution in [-0.4, -0.2) is 93.5 Å². The smallest absolute Gasteiger partial charge is 0.355 e. The van der Waals surface area contributed by atoms with Gasteiger partial charge < -0.3 is 18.8 Å². The van der Waals surface area contributed by atoms with Crippen molar-refractivity contribution in [2.24, 2.45) is 0 Å². The Hall–Kier alpha value is -4.97. The standard InChI is InChI=1S/C49H60ClN5O6/c1-32-30-36(31-33(2)43(32)50)60-27-15-20-38-37-18-14-19-41(44(37)53(24-23-52-25-28-59-29-26-52)45(38)48(58)61-49(5,6)7)42-34(3)51-55(35(42)4)22-13-9-8-12-21-54-46(56)39-16-10-11-17-40(39)47(54)57/h10-11,14,16-19,30-31H,8-9,12-13,15,20-29H2,1-7H3. The molecular weight excluding hydrogens is 790 g/mol. The number of rotatable bonds is 17. The average molecular weight is 851 g/mol. The summed E-state index contributed by atoms with van der Waals surface area (Å²) in [5.74, 6) is 0.0586. The Morgan fingerprint density at radius 3 is 2.10 bits per heavy atom. The van der Waals surface area contributed by atoms with E-state index in [1.165, 1.54) is 4.90 Å². The van der Waals surface area contributed by atoms with Crippen molar-refractivity contribution in [3.8, 4) is 16.9 Å². The molecule has 12 heteroatoms. The molecule has 324 valence electrons. The van der Waals surface area contributed by atoms with E-state index < -0.39 is 5.60 Å². The van der Waals surface area contributed by atoms with Gasteiger partial charge in [0.25, 0.3) is 11.8 Å². The zero-order valence-corrected chi connectivity index (χ0v) is 37.6. The molecule has 3 aromatic carbocycles. The van der Waals surface area contributed by atoms with Gasteiger partial charge in [0, 0.05) is 66.5 Å². The van der Waals surface area contributed by atoms with Gasteiger partial charge in [-0.2, -0.15) is 5.10 Å².